The highest BCUT2D eigenvalue weighted by molar-refractivity contribution is 7.92. The molecular weight excluding hydrogens is 299 g/mol. The molecule has 0 amide bonds. The van der Waals surface area contributed by atoms with Crippen LogP contribution in [0.3, 0.4) is 0 Å². The van der Waals surface area contributed by atoms with Gasteiger partial charge in [0.15, 0.2) is 0 Å². The number of aryl methyl sites for hydroxylation is 2. The Balaban J connectivity index is 2.42. The third kappa shape index (κ3) is 3.31. The van der Waals surface area contributed by atoms with E-state index >= 15 is 0 Å². The van der Waals surface area contributed by atoms with Crippen LogP contribution in [0.4, 0.5) is 10.3 Å². The first-order chi connectivity index (χ1) is 9.83. The second-order valence-electron chi connectivity index (χ2n) is 4.32. The Morgan fingerprint density at radius 2 is 1.95 bits per heavy atom. The van der Waals surface area contributed by atoms with E-state index in [1.807, 2.05) is 0 Å². The van der Waals surface area contributed by atoms with Gasteiger partial charge in [-0.3, -0.25) is 0 Å². The predicted octanol–water partition coefficient (Wildman–Crippen LogP) is 0.921. The van der Waals surface area contributed by atoms with Crippen molar-refractivity contribution >= 4 is 16.0 Å². The Morgan fingerprint density at radius 1 is 1.24 bits per heavy atom. The van der Waals surface area contributed by atoms with Gasteiger partial charge in [-0.2, -0.15) is 5.10 Å². The zero-order valence-electron chi connectivity index (χ0n) is 11.3. The van der Waals surface area contributed by atoms with Gasteiger partial charge in [0, 0.05) is 0 Å². The van der Waals surface area contributed by atoms with Crippen LogP contribution in [0.5, 0.6) is 0 Å². The molecule has 1 heterocycles. The minimum Gasteiger partial charge on any atom is -0.392 e. The largest absolute Gasteiger partial charge is 0.392 e. The highest BCUT2D eigenvalue weighted by atomic mass is 32.2. The van der Waals surface area contributed by atoms with Crippen molar-refractivity contribution in [3.05, 3.63) is 41.0 Å². The summed E-state index contributed by atoms with van der Waals surface area (Å²) in [4.78, 5) is 3.57. The molecule has 0 atom stereocenters. The molecule has 0 bridgehead atoms. The maximum absolute atomic E-state index is 13.3. The van der Waals surface area contributed by atoms with Gasteiger partial charge < -0.3 is 5.11 Å². The van der Waals surface area contributed by atoms with Gasteiger partial charge >= 0.3 is 0 Å². The number of halogens is 1. The van der Waals surface area contributed by atoms with E-state index in [2.05, 4.69) is 19.9 Å². The Morgan fingerprint density at radius 3 is 2.57 bits per heavy atom. The monoisotopic (exact) mass is 312 g/mol. The van der Waals surface area contributed by atoms with E-state index in [9.17, 15) is 12.8 Å². The molecule has 2 rings (SSSR count). The first kappa shape index (κ1) is 15.3. The zero-order valence-corrected chi connectivity index (χ0v) is 12.1. The summed E-state index contributed by atoms with van der Waals surface area (Å²) in [5.74, 6) is -0.946. The van der Waals surface area contributed by atoms with Gasteiger partial charge in [0.1, 0.15) is 5.82 Å². The second kappa shape index (κ2) is 5.70. The summed E-state index contributed by atoms with van der Waals surface area (Å²) in [6.07, 6.45) is 0. The number of hydrogen-bond acceptors (Lipinski definition) is 6. The van der Waals surface area contributed by atoms with Crippen molar-refractivity contribution in [2.45, 2.75) is 25.3 Å². The Hall–Kier alpha value is -2.13. The van der Waals surface area contributed by atoms with Crippen LogP contribution in [0.2, 0.25) is 0 Å². The number of rotatable bonds is 4. The van der Waals surface area contributed by atoms with Crippen molar-refractivity contribution in [3.8, 4) is 0 Å². The number of hydrogen-bond donors (Lipinski definition) is 2. The molecule has 0 spiro atoms. The SMILES string of the molecule is Cc1nnc(NS(=O)(=O)c2cc(F)ccc2CO)nc1C. The van der Waals surface area contributed by atoms with Crippen LogP contribution in [-0.2, 0) is 16.6 Å². The van der Waals surface area contributed by atoms with E-state index in [1.54, 1.807) is 13.8 Å². The van der Waals surface area contributed by atoms with Crippen LogP contribution < -0.4 is 4.72 Å². The van der Waals surface area contributed by atoms with Gasteiger partial charge in [0.05, 0.1) is 22.9 Å². The van der Waals surface area contributed by atoms with Crippen molar-refractivity contribution < 1.29 is 17.9 Å². The number of anilines is 1. The molecule has 2 aromatic rings. The van der Waals surface area contributed by atoms with Crippen molar-refractivity contribution in [1.29, 1.82) is 0 Å². The minimum atomic E-state index is -4.12. The van der Waals surface area contributed by atoms with E-state index in [4.69, 9.17) is 5.11 Å². The fraction of sp³-hybridized carbons (Fsp3) is 0.250. The summed E-state index contributed by atoms with van der Waals surface area (Å²) in [7, 11) is -4.12. The Kier molecular flexibility index (Phi) is 4.14. The summed E-state index contributed by atoms with van der Waals surface area (Å²) in [6, 6.07) is 3.09. The molecule has 7 nitrogen and oxygen atoms in total. The van der Waals surface area contributed by atoms with Crippen LogP contribution in [0.1, 0.15) is 17.0 Å². The molecule has 1 aromatic carbocycles. The van der Waals surface area contributed by atoms with Crippen molar-refractivity contribution in [1.82, 2.24) is 15.2 Å². The van der Waals surface area contributed by atoms with E-state index in [-0.39, 0.29) is 16.4 Å². The minimum absolute atomic E-state index is 0.0701. The first-order valence-electron chi connectivity index (χ1n) is 5.93. The molecule has 0 saturated heterocycles. The topological polar surface area (TPSA) is 105 Å². The molecule has 112 valence electrons. The van der Waals surface area contributed by atoms with E-state index < -0.39 is 22.4 Å². The number of aromatic nitrogens is 3. The molecule has 0 radical (unpaired) electrons. The number of benzene rings is 1. The lowest BCUT2D eigenvalue weighted by Gasteiger charge is -2.10. The first-order valence-corrected chi connectivity index (χ1v) is 7.42. The average Bonchev–Trinajstić information content (AvgIpc) is 2.42. The third-order valence-corrected chi connectivity index (χ3v) is 4.22. The molecule has 2 N–H and O–H groups in total. The van der Waals surface area contributed by atoms with Crippen molar-refractivity contribution in [3.63, 3.8) is 0 Å². The normalized spacial score (nSPS) is 11.4. The highest BCUT2D eigenvalue weighted by Crippen LogP contribution is 2.19. The summed E-state index contributed by atoms with van der Waals surface area (Å²) in [5.41, 5.74) is 1.16. The number of sulfonamides is 1. The van der Waals surface area contributed by atoms with Gasteiger partial charge in [0.25, 0.3) is 16.0 Å². The molecular formula is C12H13FN4O3S. The molecule has 0 aliphatic heterocycles. The summed E-state index contributed by atoms with van der Waals surface area (Å²) < 4.78 is 39.8. The lowest BCUT2D eigenvalue weighted by atomic mass is 10.2. The molecule has 0 aliphatic rings. The fourth-order valence-corrected chi connectivity index (χ4v) is 2.77. The van der Waals surface area contributed by atoms with Gasteiger partial charge in [-0.05, 0) is 31.5 Å². The summed E-state index contributed by atoms with van der Waals surface area (Å²) in [5, 5.41) is 16.5. The molecule has 0 saturated carbocycles. The number of nitrogens with zero attached hydrogens (tertiary/aromatic N) is 3. The Bertz CT molecular complexity index is 780. The summed E-state index contributed by atoms with van der Waals surface area (Å²) >= 11 is 0. The van der Waals surface area contributed by atoms with Gasteiger partial charge in [0.2, 0.25) is 0 Å². The molecule has 1 aromatic heterocycles. The number of aliphatic hydroxyl groups excluding tert-OH is 1. The quantitative estimate of drug-likeness (QED) is 0.870. The Labute approximate surface area is 120 Å². The predicted molar refractivity (Wildman–Crippen MR) is 72.4 cm³/mol. The maximum Gasteiger partial charge on any atom is 0.264 e. The van der Waals surface area contributed by atoms with Gasteiger partial charge in [-0.1, -0.05) is 6.07 Å². The molecule has 0 unspecified atom stereocenters. The molecule has 0 fully saturated rings. The standard InChI is InChI=1S/C12H13FN4O3S/c1-7-8(2)15-16-12(14-7)17-21(19,20)11-5-10(13)4-3-9(11)6-18/h3-5,18H,6H2,1-2H3,(H,14,16,17). The zero-order chi connectivity index (χ0) is 15.6. The average molecular weight is 312 g/mol. The lowest BCUT2D eigenvalue weighted by Crippen LogP contribution is -2.18. The van der Waals surface area contributed by atoms with Crippen LogP contribution >= 0.6 is 0 Å². The van der Waals surface area contributed by atoms with E-state index in [1.165, 1.54) is 6.07 Å². The highest BCUT2D eigenvalue weighted by Gasteiger charge is 2.21. The van der Waals surface area contributed by atoms with Crippen LogP contribution in [-0.4, -0.2) is 28.7 Å². The lowest BCUT2D eigenvalue weighted by molar-refractivity contribution is 0.278. The molecule has 9 heteroatoms. The maximum atomic E-state index is 13.3. The third-order valence-electron chi connectivity index (χ3n) is 2.81. The number of aliphatic hydroxyl groups is 1. The summed E-state index contributed by atoms with van der Waals surface area (Å²) in [6.45, 7) is 2.80. The molecule has 21 heavy (non-hydrogen) atoms. The second-order valence-corrected chi connectivity index (χ2v) is 5.97. The van der Waals surface area contributed by atoms with Crippen molar-refractivity contribution in [2.24, 2.45) is 0 Å². The molecule has 0 aliphatic carbocycles. The number of nitrogens with one attached hydrogen (secondary N) is 1. The fourth-order valence-electron chi connectivity index (χ4n) is 1.58. The van der Waals surface area contributed by atoms with Crippen molar-refractivity contribution in [2.75, 3.05) is 4.72 Å². The van der Waals surface area contributed by atoms with E-state index in [0.29, 0.717) is 11.4 Å². The van der Waals surface area contributed by atoms with E-state index in [0.717, 1.165) is 12.1 Å². The van der Waals surface area contributed by atoms with Crippen LogP contribution in [0, 0.1) is 19.7 Å². The smallest absolute Gasteiger partial charge is 0.264 e. The van der Waals surface area contributed by atoms with Gasteiger partial charge in [-0.25, -0.2) is 22.5 Å². The van der Waals surface area contributed by atoms with Gasteiger partial charge in [-0.15, -0.1) is 5.10 Å². The van der Waals surface area contributed by atoms with Crippen LogP contribution in [0.15, 0.2) is 23.1 Å². The van der Waals surface area contributed by atoms with Crippen LogP contribution in [0.25, 0.3) is 0 Å².